The van der Waals surface area contributed by atoms with Crippen molar-refractivity contribution in [1.29, 1.82) is 5.26 Å². The molecule has 0 aliphatic heterocycles. The van der Waals surface area contributed by atoms with E-state index in [1.54, 1.807) is 12.1 Å². The molecule has 0 fully saturated rings. The van der Waals surface area contributed by atoms with E-state index in [1.165, 1.54) is 0 Å². The molecule has 1 rings (SSSR count). The van der Waals surface area contributed by atoms with Crippen LogP contribution in [0.2, 0.25) is 0 Å². The van der Waals surface area contributed by atoms with E-state index >= 15 is 0 Å². The van der Waals surface area contributed by atoms with E-state index in [-0.39, 0.29) is 12.5 Å². The summed E-state index contributed by atoms with van der Waals surface area (Å²) in [6.07, 6.45) is 0. The van der Waals surface area contributed by atoms with Gasteiger partial charge in [-0.25, -0.2) is 0 Å². The van der Waals surface area contributed by atoms with Crippen molar-refractivity contribution in [3.05, 3.63) is 29.3 Å². The lowest BCUT2D eigenvalue weighted by atomic mass is 10.00. The molecule has 3 nitrogen and oxygen atoms in total. The van der Waals surface area contributed by atoms with Crippen LogP contribution in [0.5, 0.6) is 5.75 Å². The van der Waals surface area contributed by atoms with Crippen LogP contribution in [0, 0.1) is 11.3 Å². The molecular formula is C12H15NO2. The molecule has 0 spiro atoms. The second-order valence-corrected chi connectivity index (χ2v) is 3.38. The van der Waals surface area contributed by atoms with Crippen molar-refractivity contribution in [2.24, 2.45) is 0 Å². The molecule has 0 heterocycles. The van der Waals surface area contributed by atoms with Gasteiger partial charge < -0.3 is 9.84 Å². The lowest BCUT2D eigenvalue weighted by molar-refractivity contribution is 0.273. The number of hydrogen-bond acceptors (Lipinski definition) is 3. The van der Waals surface area contributed by atoms with Gasteiger partial charge in [-0.05, 0) is 24.6 Å². The molecule has 0 saturated heterocycles. The van der Waals surface area contributed by atoms with Crippen molar-refractivity contribution < 1.29 is 9.84 Å². The highest BCUT2D eigenvalue weighted by atomic mass is 16.5. The number of benzene rings is 1. The lowest BCUT2D eigenvalue weighted by Crippen LogP contribution is -2.01. The first-order chi connectivity index (χ1) is 7.22. The first-order valence-corrected chi connectivity index (χ1v) is 5.00. The third-order valence-electron chi connectivity index (χ3n) is 2.27. The van der Waals surface area contributed by atoms with Crippen LogP contribution in [0.1, 0.15) is 30.9 Å². The van der Waals surface area contributed by atoms with Gasteiger partial charge in [0, 0.05) is 12.5 Å². The average Bonchev–Trinajstić information content (AvgIpc) is 2.29. The summed E-state index contributed by atoms with van der Waals surface area (Å²) in [7, 11) is 0. The minimum atomic E-state index is 0.0489. The van der Waals surface area contributed by atoms with Crippen LogP contribution < -0.4 is 4.74 Å². The Hall–Kier alpha value is -1.53. The van der Waals surface area contributed by atoms with E-state index in [1.807, 2.05) is 19.9 Å². The van der Waals surface area contributed by atoms with Crippen LogP contribution in [0.3, 0.4) is 0 Å². The van der Waals surface area contributed by atoms with Crippen molar-refractivity contribution in [3.8, 4) is 11.8 Å². The summed E-state index contributed by atoms with van der Waals surface area (Å²) in [4.78, 5) is 0. The van der Waals surface area contributed by atoms with E-state index in [2.05, 4.69) is 6.07 Å². The van der Waals surface area contributed by atoms with Gasteiger partial charge in [0.15, 0.2) is 0 Å². The first kappa shape index (κ1) is 11.5. The van der Waals surface area contributed by atoms with Gasteiger partial charge in [0.25, 0.3) is 0 Å². The number of nitrogens with zero attached hydrogens (tertiary/aromatic N) is 1. The highest BCUT2D eigenvalue weighted by Crippen LogP contribution is 2.23. The summed E-state index contributed by atoms with van der Waals surface area (Å²) in [5.74, 6) is 0.654. The zero-order valence-corrected chi connectivity index (χ0v) is 9.03. The predicted molar refractivity (Wildman–Crippen MR) is 57.8 cm³/mol. The van der Waals surface area contributed by atoms with E-state index in [4.69, 9.17) is 15.1 Å². The van der Waals surface area contributed by atoms with E-state index in [9.17, 15) is 0 Å². The zero-order chi connectivity index (χ0) is 11.3. The quantitative estimate of drug-likeness (QED) is 0.818. The highest BCUT2D eigenvalue weighted by Gasteiger charge is 2.08. The predicted octanol–water partition coefficient (Wildman–Crippen LogP) is 2.05. The topological polar surface area (TPSA) is 53.2 Å². The van der Waals surface area contributed by atoms with Crippen LogP contribution >= 0.6 is 0 Å². The van der Waals surface area contributed by atoms with Crippen molar-refractivity contribution in [1.82, 2.24) is 0 Å². The molecule has 3 heteroatoms. The van der Waals surface area contributed by atoms with E-state index < -0.39 is 0 Å². The molecule has 1 N–H and O–H groups in total. The van der Waals surface area contributed by atoms with Crippen molar-refractivity contribution in [3.63, 3.8) is 0 Å². The summed E-state index contributed by atoms with van der Waals surface area (Å²) in [6, 6.07) is 7.53. The van der Waals surface area contributed by atoms with Gasteiger partial charge in [-0.3, -0.25) is 0 Å². The second-order valence-electron chi connectivity index (χ2n) is 3.38. The molecule has 15 heavy (non-hydrogen) atoms. The maximum absolute atomic E-state index is 9.01. The Kier molecular flexibility index (Phi) is 4.14. The van der Waals surface area contributed by atoms with Crippen LogP contribution in [-0.2, 0) is 0 Å². The molecule has 0 aliphatic rings. The molecule has 0 aromatic heterocycles. The molecule has 0 aliphatic carbocycles. The Morgan fingerprint density at radius 1 is 1.53 bits per heavy atom. The third kappa shape index (κ3) is 2.71. The van der Waals surface area contributed by atoms with Crippen LogP contribution in [0.25, 0.3) is 0 Å². The first-order valence-electron chi connectivity index (χ1n) is 5.00. The molecule has 0 bridgehead atoms. The fourth-order valence-corrected chi connectivity index (χ4v) is 1.33. The largest absolute Gasteiger partial charge is 0.492 e. The zero-order valence-electron chi connectivity index (χ0n) is 9.03. The second kappa shape index (κ2) is 5.38. The van der Waals surface area contributed by atoms with Crippen molar-refractivity contribution in [2.75, 3.05) is 13.2 Å². The number of rotatable bonds is 4. The Balaban J connectivity index is 3.03. The van der Waals surface area contributed by atoms with Crippen LogP contribution in [-0.4, -0.2) is 18.3 Å². The molecule has 1 atom stereocenters. The van der Waals surface area contributed by atoms with Gasteiger partial charge in [-0.1, -0.05) is 13.0 Å². The Morgan fingerprint density at radius 2 is 2.27 bits per heavy atom. The molecule has 1 unspecified atom stereocenters. The minimum Gasteiger partial charge on any atom is -0.492 e. The summed E-state index contributed by atoms with van der Waals surface area (Å²) in [5.41, 5.74) is 1.48. The summed E-state index contributed by atoms with van der Waals surface area (Å²) in [5, 5.41) is 17.9. The van der Waals surface area contributed by atoms with Gasteiger partial charge in [0.05, 0.1) is 12.2 Å². The maximum atomic E-state index is 9.01. The maximum Gasteiger partial charge on any atom is 0.137 e. The molecule has 1 aromatic carbocycles. The number of nitriles is 1. The fraction of sp³-hybridized carbons (Fsp3) is 0.417. The average molecular weight is 205 g/mol. The Labute approximate surface area is 89.9 Å². The number of aliphatic hydroxyl groups is 1. The summed E-state index contributed by atoms with van der Waals surface area (Å²) < 4.78 is 5.31. The third-order valence-corrected chi connectivity index (χ3v) is 2.27. The van der Waals surface area contributed by atoms with E-state index in [0.717, 1.165) is 5.56 Å². The van der Waals surface area contributed by atoms with E-state index in [0.29, 0.717) is 17.9 Å². The van der Waals surface area contributed by atoms with Gasteiger partial charge in [0.2, 0.25) is 0 Å². The normalized spacial score (nSPS) is 11.9. The Bertz CT molecular complexity index is 368. The SMILES string of the molecule is CCOc1ccc(C(C)CO)cc1C#N. The summed E-state index contributed by atoms with van der Waals surface area (Å²) >= 11 is 0. The molecule has 0 radical (unpaired) electrons. The lowest BCUT2D eigenvalue weighted by Gasteiger charge is -2.11. The van der Waals surface area contributed by atoms with Gasteiger partial charge in [-0.15, -0.1) is 0 Å². The molecule has 0 amide bonds. The molecule has 0 saturated carbocycles. The minimum absolute atomic E-state index is 0.0489. The monoisotopic (exact) mass is 205 g/mol. The van der Waals surface area contributed by atoms with Gasteiger partial charge in [0.1, 0.15) is 11.8 Å². The Morgan fingerprint density at radius 3 is 2.80 bits per heavy atom. The highest BCUT2D eigenvalue weighted by molar-refractivity contribution is 5.46. The summed E-state index contributed by atoms with van der Waals surface area (Å²) in [6.45, 7) is 4.42. The number of aliphatic hydroxyl groups excluding tert-OH is 1. The van der Waals surface area contributed by atoms with Crippen LogP contribution in [0.15, 0.2) is 18.2 Å². The van der Waals surface area contributed by atoms with Gasteiger partial charge >= 0.3 is 0 Å². The van der Waals surface area contributed by atoms with Crippen LogP contribution in [0.4, 0.5) is 0 Å². The molecular weight excluding hydrogens is 190 g/mol. The molecule has 80 valence electrons. The standard InChI is InChI=1S/C12H15NO2/c1-3-15-12-5-4-10(9(2)8-14)6-11(12)7-13/h4-6,9,14H,3,8H2,1-2H3. The number of hydrogen-bond donors (Lipinski definition) is 1. The van der Waals surface area contributed by atoms with Gasteiger partial charge in [-0.2, -0.15) is 5.26 Å². The van der Waals surface area contributed by atoms with Crippen molar-refractivity contribution >= 4 is 0 Å². The molecule has 1 aromatic rings. The van der Waals surface area contributed by atoms with Crippen molar-refractivity contribution in [2.45, 2.75) is 19.8 Å². The fourth-order valence-electron chi connectivity index (χ4n) is 1.33. The smallest absolute Gasteiger partial charge is 0.137 e. The number of ether oxygens (including phenoxy) is 1.